The molecule has 1 atom stereocenters. The second-order valence-corrected chi connectivity index (χ2v) is 5.65. The summed E-state index contributed by atoms with van der Waals surface area (Å²) in [7, 11) is 0. The normalized spacial score (nSPS) is 21.0. The molecule has 3 heterocycles. The van der Waals surface area contributed by atoms with Gasteiger partial charge in [-0.2, -0.15) is 0 Å². The molecule has 1 fully saturated rings. The third-order valence-corrected chi connectivity index (χ3v) is 4.28. The lowest BCUT2D eigenvalue weighted by atomic mass is 10.1. The summed E-state index contributed by atoms with van der Waals surface area (Å²) in [4.78, 5) is 2.51. The molecule has 1 aliphatic heterocycles. The van der Waals surface area contributed by atoms with E-state index in [9.17, 15) is 0 Å². The zero-order chi connectivity index (χ0) is 13.9. The molecule has 0 radical (unpaired) electrons. The molecule has 0 amide bonds. The lowest BCUT2D eigenvalue weighted by Crippen LogP contribution is -2.28. The molecule has 2 aromatic heterocycles. The summed E-state index contributed by atoms with van der Waals surface area (Å²) in [6, 6.07) is 4.45. The Balaban J connectivity index is 1.84. The summed E-state index contributed by atoms with van der Waals surface area (Å²) in [5.74, 6) is 2.02. The lowest BCUT2D eigenvalue weighted by Gasteiger charge is -2.28. The van der Waals surface area contributed by atoms with Gasteiger partial charge in [0.05, 0.1) is 18.0 Å². The quantitative estimate of drug-likeness (QED) is 0.848. The monoisotopic (exact) mass is 274 g/mol. The summed E-state index contributed by atoms with van der Waals surface area (Å²) >= 11 is 0. The molecule has 1 saturated heterocycles. The average molecular weight is 274 g/mol. The fraction of sp³-hybridized carbons (Fsp3) is 0.562. The Hall–Kier alpha value is -1.55. The Morgan fingerprint density at radius 2 is 2.20 bits per heavy atom. The van der Waals surface area contributed by atoms with Crippen molar-refractivity contribution >= 4 is 0 Å². The first-order valence-corrected chi connectivity index (χ1v) is 7.45. The summed E-state index contributed by atoms with van der Waals surface area (Å²) < 4.78 is 11.0. The van der Waals surface area contributed by atoms with E-state index in [4.69, 9.17) is 8.94 Å². The first-order chi connectivity index (χ1) is 9.75. The highest BCUT2D eigenvalue weighted by Crippen LogP contribution is 2.32. The third-order valence-electron chi connectivity index (χ3n) is 4.28. The van der Waals surface area contributed by atoms with Crippen molar-refractivity contribution < 1.29 is 8.94 Å². The number of aryl methyl sites for hydroxylation is 2. The summed E-state index contributed by atoms with van der Waals surface area (Å²) in [5.41, 5.74) is 2.23. The molecule has 0 bridgehead atoms. The second kappa shape index (κ2) is 5.83. The summed E-state index contributed by atoms with van der Waals surface area (Å²) in [5, 5.41) is 4.07. The van der Waals surface area contributed by atoms with E-state index in [1.807, 2.05) is 19.9 Å². The van der Waals surface area contributed by atoms with Crippen LogP contribution in [0.2, 0.25) is 0 Å². The number of rotatable bonds is 3. The molecule has 0 spiro atoms. The van der Waals surface area contributed by atoms with Crippen LogP contribution >= 0.6 is 0 Å². The minimum Gasteiger partial charge on any atom is -0.468 e. The fourth-order valence-electron chi connectivity index (χ4n) is 3.09. The molecule has 4 nitrogen and oxygen atoms in total. The van der Waals surface area contributed by atoms with Gasteiger partial charge in [-0.1, -0.05) is 18.0 Å². The minimum atomic E-state index is 0.376. The molecule has 0 aliphatic carbocycles. The highest BCUT2D eigenvalue weighted by molar-refractivity contribution is 5.21. The van der Waals surface area contributed by atoms with Crippen molar-refractivity contribution in [3.8, 4) is 0 Å². The van der Waals surface area contributed by atoms with Gasteiger partial charge in [0, 0.05) is 12.1 Å². The molecule has 0 N–H and O–H groups in total. The standard InChI is InChI=1S/C16H22N2O2/c1-12-14(13(2)20-17-12)11-18-9-5-3-4-7-15(18)16-8-6-10-19-16/h6,8,10,15H,3-5,7,9,11H2,1-2H3/t15-/m1/s1. The van der Waals surface area contributed by atoms with Crippen LogP contribution < -0.4 is 0 Å². The van der Waals surface area contributed by atoms with E-state index in [1.165, 1.54) is 24.8 Å². The number of likely N-dealkylation sites (tertiary alicyclic amines) is 1. The van der Waals surface area contributed by atoms with E-state index < -0.39 is 0 Å². The van der Waals surface area contributed by atoms with Crippen LogP contribution in [0.1, 0.15) is 54.5 Å². The molecule has 0 unspecified atom stereocenters. The number of hydrogen-bond donors (Lipinski definition) is 0. The molecular formula is C16H22N2O2. The van der Waals surface area contributed by atoms with Gasteiger partial charge in [0.1, 0.15) is 11.5 Å². The van der Waals surface area contributed by atoms with Crippen molar-refractivity contribution in [1.82, 2.24) is 10.1 Å². The second-order valence-electron chi connectivity index (χ2n) is 5.65. The van der Waals surface area contributed by atoms with Gasteiger partial charge in [-0.05, 0) is 45.4 Å². The SMILES string of the molecule is Cc1noc(C)c1CN1CCCCC[C@@H]1c1ccco1. The molecule has 0 aromatic carbocycles. The molecular weight excluding hydrogens is 252 g/mol. The maximum absolute atomic E-state index is 5.66. The molecule has 3 rings (SSSR count). The largest absolute Gasteiger partial charge is 0.468 e. The predicted molar refractivity (Wildman–Crippen MR) is 76.3 cm³/mol. The number of furan rings is 1. The number of hydrogen-bond acceptors (Lipinski definition) is 4. The highest BCUT2D eigenvalue weighted by Gasteiger charge is 2.26. The first kappa shape index (κ1) is 13.4. The van der Waals surface area contributed by atoms with Crippen molar-refractivity contribution in [2.24, 2.45) is 0 Å². The first-order valence-electron chi connectivity index (χ1n) is 7.45. The van der Waals surface area contributed by atoms with E-state index in [2.05, 4.69) is 16.1 Å². The molecule has 2 aromatic rings. The van der Waals surface area contributed by atoms with E-state index in [-0.39, 0.29) is 0 Å². The van der Waals surface area contributed by atoms with Crippen LogP contribution in [-0.2, 0) is 6.54 Å². The Bertz CT molecular complexity index is 525. The number of nitrogens with zero attached hydrogens (tertiary/aromatic N) is 2. The highest BCUT2D eigenvalue weighted by atomic mass is 16.5. The van der Waals surface area contributed by atoms with E-state index in [0.717, 1.165) is 36.7 Å². The van der Waals surface area contributed by atoms with Gasteiger partial charge in [0.25, 0.3) is 0 Å². The third kappa shape index (κ3) is 2.66. The molecule has 0 saturated carbocycles. The summed E-state index contributed by atoms with van der Waals surface area (Å²) in [6.07, 6.45) is 6.75. The maximum Gasteiger partial charge on any atom is 0.138 e. The van der Waals surface area contributed by atoms with Crippen molar-refractivity contribution in [2.45, 2.75) is 52.1 Å². The van der Waals surface area contributed by atoms with Crippen molar-refractivity contribution in [3.05, 3.63) is 41.2 Å². The van der Waals surface area contributed by atoms with Crippen LogP contribution in [-0.4, -0.2) is 16.6 Å². The molecule has 20 heavy (non-hydrogen) atoms. The predicted octanol–water partition coefficient (Wildman–Crippen LogP) is 4.00. The van der Waals surface area contributed by atoms with Gasteiger partial charge in [-0.25, -0.2) is 0 Å². The Morgan fingerprint density at radius 1 is 1.30 bits per heavy atom. The molecule has 4 heteroatoms. The van der Waals surface area contributed by atoms with Crippen LogP contribution in [0.15, 0.2) is 27.3 Å². The van der Waals surface area contributed by atoms with Gasteiger partial charge < -0.3 is 8.94 Å². The zero-order valence-electron chi connectivity index (χ0n) is 12.3. The Morgan fingerprint density at radius 3 is 2.90 bits per heavy atom. The van der Waals surface area contributed by atoms with Gasteiger partial charge in [0.2, 0.25) is 0 Å². The van der Waals surface area contributed by atoms with Crippen LogP contribution in [0, 0.1) is 13.8 Å². The van der Waals surface area contributed by atoms with E-state index in [1.54, 1.807) is 6.26 Å². The minimum absolute atomic E-state index is 0.376. The van der Waals surface area contributed by atoms with Gasteiger partial charge >= 0.3 is 0 Å². The maximum atomic E-state index is 5.66. The average Bonchev–Trinajstić information content (AvgIpc) is 3.00. The van der Waals surface area contributed by atoms with Crippen molar-refractivity contribution in [2.75, 3.05) is 6.54 Å². The van der Waals surface area contributed by atoms with Gasteiger partial charge in [-0.15, -0.1) is 0 Å². The summed E-state index contributed by atoms with van der Waals surface area (Å²) in [6.45, 7) is 6.02. The van der Waals surface area contributed by atoms with Gasteiger partial charge in [-0.3, -0.25) is 4.90 Å². The topological polar surface area (TPSA) is 42.4 Å². The Kier molecular flexibility index (Phi) is 3.92. The van der Waals surface area contributed by atoms with Crippen LogP contribution in [0.25, 0.3) is 0 Å². The van der Waals surface area contributed by atoms with E-state index >= 15 is 0 Å². The van der Waals surface area contributed by atoms with Crippen molar-refractivity contribution in [1.29, 1.82) is 0 Å². The van der Waals surface area contributed by atoms with Crippen molar-refractivity contribution in [3.63, 3.8) is 0 Å². The zero-order valence-corrected chi connectivity index (χ0v) is 12.3. The molecule has 108 valence electrons. The van der Waals surface area contributed by atoms with E-state index in [0.29, 0.717) is 6.04 Å². The smallest absolute Gasteiger partial charge is 0.138 e. The molecule has 1 aliphatic rings. The van der Waals surface area contributed by atoms with Crippen LogP contribution in [0.5, 0.6) is 0 Å². The van der Waals surface area contributed by atoms with Gasteiger partial charge in [0.15, 0.2) is 0 Å². The van der Waals surface area contributed by atoms with Crippen LogP contribution in [0.4, 0.5) is 0 Å². The van der Waals surface area contributed by atoms with Crippen LogP contribution in [0.3, 0.4) is 0 Å². The lowest BCUT2D eigenvalue weighted by molar-refractivity contribution is 0.168. The fourth-order valence-corrected chi connectivity index (χ4v) is 3.09. The Labute approximate surface area is 119 Å². The number of aromatic nitrogens is 1.